The van der Waals surface area contributed by atoms with Gasteiger partial charge < -0.3 is 119 Å². The molecule has 117 heavy (non-hydrogen) atoms. The number of likely N-dealkylation sites (N-methyl/N-ethyl adjacent to an activating group) is 3. The Hall–Kier alpha value is -9.31. The van der Waals surface area contributed by atoms with E-state index in [1.54, 1.807) is 138 Å². The molecule has 0 aliphatic carbocycles. The summed E-state index contributed by atoms with van der Waals surface area (Å²) in [7, 11) is 0. The van der Waals surface area contributed by atoms with Crippen LogP contribution in [0.25, 0.3) is 0 Å². The minimum absolute atomic E-state index is 0.00840. The van der Waals surface area contributed by atoms with Crippen LogP contribution in [0.1, 0.15) is 253 Å². The molecular formula is C77H151N13O27. The third kappa shape index (κ3) is 70.6. The standard InChI is InChI=1S/C12H22N2O3.C12H24N2O3.C10H20N2O3.C10H17NO4.C10H19NO4.C8H15NO4.C5H9NO2.C5H11NO2.C3H7NO2.C2H7N/c1-5-13-10(15)9-7-6-8-14(9)11(16)17-12(2,3)4;1-7-13-10(15)9(8(2)3)14-11(16)17-12(4,5)6;1-6-11-8(13)7(2)12-9(14)15-10(3,4)5;1-10(2,3)15-9(14)11-6-4-5-7(11)8(12)13;1-6(2)7(8(12)13)11-9(14)15-10(3,4)5;1-5(6(10)11)9-7(12)13-8(2,3)4;7-5(8)4-2-1-3-6-4;1-3(2)4(6)5(7)8;1-2(4)3(5)6;1-2-3/h9H,5-8H2,1-4H3,(H,13,15);8-9H,7H2,1-6H3,(H,13,15)(H,14,16);7H,6H2,1-5H3,(H,11,13)(H,12,14);7H,4-6H2,1-3H3,(H,12,13);6-7H,1-5H3,(H,11,14)(H,12,13);5H,1-4H3,(H,9,12)(H,10,11);4,6H,1-3H2,(H,7,8);3-4H,6H2,1-2H3,(H,7,8);2H,4H2,1H3,(H,5,6);2-3H2,1H3. The van der Waals surface area contributed by atoms with Crippen molar-refractivity contribution in [1.29, 1.82) is 0 Å². The number of carboxylic acids is 6. The summed E-state index contributed by atoms with van der Waals surface area (Å²) in [5, 5.41) is 71.0. The monoisotopic (exact) mass is 1690 g/mol. The normalized spacial score (nSPS) is 16.2. The van der Waals surface area contributed by atoms with Crippen LogP contribution < -0.4 is 59.7 Å². The number of amides is 9. The van der Waals surface area contributed by atoms with Gasteiger partial charge in [-0.25, -0.2) is 38.4 Å². The summed E-state index contributed by atoms with van der Waals surface area (Å²) >= 11 is 0. The number of nitrogens with zero attached hydrogens (tertiary/aromatic N) is 2. The molecule has 40 heteroatoms. The van der Waals surface area contributed by atoms with Gasteiger partial charge in [0.2, 0.25) is 17.7 Å². The Kier molecular flexibility index (Phi) is 62.2. The number of rotatable bonds is 19. The van der Waals surface area contributed by atoms with Gasteiger partial charge in [0.1, 0.15) is 88.0 Å². The lowest BCUT2D eigenvalue weighted by Gasteiger charge is -2.27. The van der Waals surface area contributed by atoms with E-state index in [9.17, 15) is 71.9 Å². The van der Waals surface area contributed by atoms with Crippen LogP contribution in [-0.2, 0) is 71.6 Å². The maximum Gasteiger partial charge on any atom is 0.411 e. The second kappa shape index (κ2) is 60.2. The molecule has 3 heterocycles. The highest BCUT2D eigenvalue weighted by molar-refractivity contribution is 5.88. The van der Waals surface area contributed by atoms with Crippen LogP contribution in [0.5, 0.6) is 0 Å². The number of hydrogen-bond donors (Lipinski definition) is 17. The number of carboxylic acid groups (broad SMARTS) is 6. The molecule has 3 aliphatic heterocycles. The van der Waals surface area contributed by atoms with Gasteiger partial charge in [0.15, 0.2) is 0 Å². The van der Waals surface area contributed by atoms with Crippen molar-refractivity contribution in [1.82, 2.24) is 52.3 Å². The largest absolute Gasteiger partial charge is 0.480 e. The van der Waals surface area contributed by atoms with Crippen molar-refractivity contribution < 1.29 is 131 Å². The highest BCUT2D eigenvalue weighted by Crippen LogP contribution is 2.23. The summed E-state index contributed by atoms with van der Waals surface area (Å²) in [6.45, 7) is 58.5. The number of nitrogens with one attached hydrogen (secondary N) is 8. The molecule has 3 aliphatic rings. The van der Waals surface area contributed by atoms with Crippen molar-refractivity contribution in [2.24, 2.45) is 35.0 Å². The zero-order valence-electron chi connectivity index (χ0n) is 75.5. The Labute approximate surface area is 692 Å². The molecule has 3 fully saturated rings. The van der Waals surface area contributed by atoms with E-state index in [1.807, 2.05) is 62.3 Å². The Balaban J connectivity index is -0.000000235. The molecule has 0 saturated carbocycles. The third-order valence-corrected chi connectivity index (χ3v) is 13.6. The van der Waals surface area contributed by atoms with Gasteiger partial charge in [-0.2, -0.15) is 0 Å². The van der Waals surface area contributed by atoms with Crippen LogP contribution in [-0.4, -0.2) is 264 Å². The fourth-order valence-electron chi connectivity index (χ4n) is 8.24. The molecule has 0 aromatic rings. The Morgan fingerprint density at radius 1 is 0.393 bits per heavy atom. The van der Waals surface area contributed by atoms with Crippen molar-refractivity contribution in [3.8, 4) is 0 Å². The van der Waals surface area contributed by atoms with Crippen LogP contribution >= 0.6 is 0 Å². The van der Waals surface area contributed by atoms with Gasteiger partial charge in [-0.3, -0.25) is 43.4 Å². The molecule has 9 unspecified atom stereocenters. The SMILES string of the molecule is CC(C)(C)OC(=O)N1CCCC1C(=O)O.CC(C)C(N)C(=O)O.CC(C)C(NC(=O)OC(C)(C)C)C(=O)O.CC(N)C(=O)O.CC(NC(=O)OC(C)(C)C)C(=O)O.CCN.CCNC(=O)C(C)NC(=O)OC(C)(C)C.CCNC(=O)C(NC(=O)OC(C)(C)C)C(C)C.CCNC(=O)C1CCCN1C(=O)OC(C)(C)C.O=C(O)C1CCCN1. The predicted octanol–water partition coefficient (Wildman–Crippen LogP) is 7.56. The number of likely N-dealkylation sites (tertiary alicyclic amines) is 2. The maximum atomic E-state index is 11.9. The Morgan fingerprint density at radius 2 is 0.709 bits per heavy atom. The van der Waals surface area contributed by atoms with Crippen molar-refractivity contribution in [2.45, 2.75) is 341 Å². The van der Waals surface area contributed by atoms with Gasteiger partial charge in [-0.05, 0) is 236 Å². The average molecular weight is 1690 g/mol. The number of aliphatic carboxylic acids is 6. The molecule has 0 aromatic heterocycles. The highest BCUT2D eigenvalue weighted by Gasteiger charge is 2.38. The predicted molar refractivity (Wildman–Crippen MR) is 440 cm³/mol. The van der Waals surface area contributed by atoms with Crippen LogP contribution in [0, 0.1) is 17.8 Å². The van der Waals surface area contributed by atoms with Gasteiger partial charge in [-0.1, -0.05) is 48.5 Å². The minimum Gasteiger partial charge on any atom is -0.480 e. The smallest absolute Gasteiger partial charge is 0.411 e. The second-order valence-electron chi connectivity index (χ2n) is 33.5. The molecule has 9 amide bonds. The first-order valence-corrected chi connectivity index (χ1v) is 39.0. The number of hydrogen-bond acceptors (Lipinski definition) is 25. The van der Waals surface area contributed by atoms with E-state index in [0.717, 1.165) is 38.8 Å². The molecule has 0 aromatic carbocycles. The summed E-state index contributed by atoms with van der Waals surface area (Å²) in [5.74, 6) is -6.37. The van der Waals surface area contributed by atoms with E-state index < -0.39 is 148 Å². The van der Waals surface area contributed by atoms with Gasteiger partial charge in [0.25, 0.3) is 0 Å². The average Bonchev–Trinajstić information content (AvgIpc) is 1.71. The Morgan fingerprint density at radius 3 is 0.957 bits per heavy atom. The van der Waals surface area contributed by atoms with Gasteiger partial charge in [0.05, 0.1) is 0 Å². The quantitative estimate of drug-likeness (QED) is 0.0554. The zero-order valence-corrected chi connectivity index (χ0v) is 75.5. The van der Waals surface area contributed by atoms with Crippen molar-refractivity contribution in [3.05, 3.63) is 0 Å². The number of nitrogens with two attached hydrogens (primary N) is 3. The molecule has 9 atom stereocenters. The first kappa shape index (κ1) is 121. The van der Waals surface area contributed by atoms with E-state index in [1.165, 1.54) is 23.6 Å². The number of carbonyl (C=O) groups is 15. The van der Waals surface area contributed by atoms with Gasteiger partial charge in [-0.15, -0.1) is 0 Å². The number of carbonyl (C=O) groups excluding carboxylic acids is 9. The van der Waals surface area contributed by atoms with Crippen molar-refractivity contribution in [2.75, 3.05) is 45.8 Å². The summed E-state index contributed by atoms with van der Waals surface area (Å²) in [4.78, 5) is 168. The lowest BCUT2D eigenvalue weighted by molar-refractivity contribution is -0.142. The van der Waals surface area contributed by atoms with Gasteiger partial charge >= 0.3 is 72.4 Å². The third-order valence-electron chi connectivity index (χ3n) is 13.6. The highest BCUT2D eigenvalue weighted by atomic mass is 16.6. The van der Waals surface area contributed by atoms with Crippen molar-refractivity contribution in [3.63, 3.8) is 0 Å². The molecular weight excluding hydrogens is 1540 g/mol. The molecule has 40 nitrogen and oxygen atoms in total. The summed E-state index contributed by atoms with van der Waals surface area (Å²) in [5.41, 5.74) is 11.4. The van der Waals surface area contributed by atoms with E-state index in [2.05, 4.69) is 42.5 Å². The molecule has 686 valence electrons. The number of alkyl carbamates (subject to hydrolysis) is 4. The van der Waals surface area contributed by atoms with Crippen LogP contribution in [0.4, 0.5) is 28.8 Å². The summed E-state index contributed by atoms with van der Waals surface area (Å²) in [6, 6.07) is -5.81. The molecule has 3 saturated heterocycles. The second-order valence-corrected chi connectivity index (χ2v) is 33.5. The fraction of sp³-hybridized carbons (Fsp3) is 0.805. The molecule has 0 radical (unpaired) electrons. The topological polar surface area (TPSA) is 614 Å². The molecule has 20 N–H and O–H groups in total. The first-order chi connectivity index (χ1) is 52.9. The van der Waals surface area contributed by atoms with Gasteiger partial charge in [0, 0.05) is 32.7 Å². The Bertz CT molecular complexity index is 2940. The zero-order chi connectivity index (χ0) is 93.8. The summed E-state index contributed by atoms with van der Waals surface area (Å²) in [6.07, 6.45) is 1.07. The van der Waals surface area contributed by atoms with Crippen LogP contribution in [0.15, 0.2) is 0 Å². The maximum absolute atomic E-state index is 11.9. The van der Waals surface area contributed by atoms with E-state index in [0.29, 0.717) is 45.6 Å². The fourth-order valence-corrected chi connectivity index (χ4v) is 8.24. The molecule has 0 spiro atoms. The molecule has 0 bridgehead atoms. The van der Waals surface area contributed by atoms with E-state index in [-0.39, 0.29) is 47.6 Å². The van der Waals surface area contributed by atoms with E-state index in [4.69, 9.17) is 76.3 Å². The van der Waals surface area contributed by atoms with E-state index >= 15 is 0 Å². The van der Waals surface area contributed by atoms with Crippen LogP contribution in [0.3, 0.4) is 0 Å². The molecule has 3 rings (SSSR count). The minimum atomic E-state index is -1.09. The van der Waals surface area contributed by atoms with Crippen LogP contribution in [0.2, 0.25) is 0 Å². The summed E-state index contributed by atoms with van der Waals surface area (Å²) < 4.78 is 30.3. The first-order valence-electron chi connectivity index (χ1n) is 39.0. The lowest BCUT2D eigenvalue weighted by atomic mass is 10.0. The number of ether oxygens (including phenoxy) is 6. The van der Waals surface area contributed by atoms with Crippen molar-refractivity contribution >= 4 is 90.1 Å². The lowest BCUT2D eigenvalue weighted by Crippen LogP contribution is -2.50.